The molecule has 6 nitrogen and oxygen atoms in total. The molecule has 0 unspecified atom stereocenters. The first-order chi connectivity index (χ1) is 6.25. The van der Waals surface area contributed by atoms with Gasteiger partial charge in [0, 0.05) is 5.56 Å². The minimum Gasteiger partial charge on any atom is -0.478 e. The molecular formula is C8H12N2O4. The number of carboxylic acid groups (broad SMARTS) is 1. The number of carbonyl (C=O) groups is 2. The molecule has 7 N–H and O–H groups in total. The number of nitrogens with two attached hydrogens (primary N) is 2. The van der Waals surface area contributed by atoms with E-state index in [0.717, 1.165) is 0 Å². The number of aldehydes is 1. The van der Waals surface area contributed by atoms with Crippen LogP contribution in [0.15, 0.2) is 24.3 Å². The van der Waals surface area contributed by atoms with Gasteiger partial charge in [0.1, 0.15) is 0 Å². The van der Waals surface area contributed by atoms with Gasteiger partial charge >= 0.3 is 5.97 Å². The second-order valence-electron chi connectivity index (χ2n) is 2.01. The highest BCUT2D eigenvalue weighted by molar-refractivity contribution is 5.96. The minimum atomic E-state index is -1.08. The third-order valence-corrected chi connectivity index (χ3v) is 1.32. The van der Waals surface area contributed by atoms with E-state index in [0.29, 0.717) is 6.29 Å². The van der Waals surface area contributed by atoms with E-state index in [9.17, 15) is 9.59 Å². The molecule has 1 rings (SSSR count). The highest BCUT2D eigenvalue weighted by Crippen LogP contribution is 2.04. The number of benzene rings is 1. The SMILES string of the molecule is NN.O.O=Cc1ccccc1C(=O)O. The molecule has 0 radical (unpaired) electrons. The summed E-state index contributed by atoms with van der Waals surface area (Å²) in [7, 11) is 0. The Balaban J connectivity index is 0. The Labute approximate surface area is 80.4 Å². The zero-order chi connectivity index (χ0) is 10.3. The summed E-state index contributed by atoms with van der Waals surface area (Å²) in [4.78, 5) is 20.7. The van der Waals surface area contributed by atoms with Crippen LogP contribution in [0.1, 0.15) is 20.7 Å². The average Bonchev–Trinajstić information content (AvgIpc) is 2.20. The maximum absolute atomic E-state index is 10.4. The van der Waals surface area contributed by atoms with Crippen LogP contribution in [0.2, 0.25) is 0 Å². The van der Waals surface area contributed by atoms with Gasteiger partial charge in [-0.2, -0.15) is 0 Å². The normalized spacial score (nSPS) is 7.57. The van der Waals surface area contributed by atoms with E-state index in [4.69, 9.17) is 5.11 Å². The van der Waals surface area contributed by atoms with Crippen molar-refractivity contribution in [2.75, 3.05) is 0 Å². The molecular weight excluding hydrogens is 188 g/mol. The predicted molar refractivity (Wildman–Crippen MR) is 50.8 cm³/mol. The maximum atomic E-state index is 10.4. The van der Waals surface area contributed by atoms with Crippen LogP contribution in [0, 0.1) is 0 Å². The maximum Gasteiger partial charge on any atom is 0.336 e. The Morgan fingerprint density at radius 2 is 1.79 bits per heavy atom. The van der Waals surface area contributed by atoms with E-state index in [2.05, 4.69) is 11.7 Å². The number of carbonyl (C=O) groups excluding carboxylic acids is 1. The van der Waals surface area contributed by atoms with Crippen LogP contribution in [-0.4, -0.2) is 22.8 Å². The molecule has 14 heavy (non-hydrogen) atoms. The lowest BCUT2D eigenvalue weighted by atomic mass is 10.1. The monoisotopic (exact) mass is 200 g/mol. The third-order valence-electron chi connectivity index (χ3n) is 1.32. The molecule has 0 atom stereocenters. The van der Waals surface area contributed by atoms with Crippen LogP contribution < -0.4 is 11.7 Å². The number of carboxylic acids is 1. The Morgan fingerprint density at radius 3 is 2.14 bits per heavy atom. The number of hydrazine groups is 1. The summed E-state index contributed by atoms with van der Waals surface area (Å²) in [6, 6.07) is 6.06. The van der Waals surface area contributed by atoms with E-state index < -0.39 is 5.97 Å². The van der Waals surface area contributed by atoms with Crippen LogP contribution in [0.4, 0.5) is 0 Å². The van der Waals surface area contributed by atoms with Gasteiger partial charge in [0.25, 0.3) is 0 Å². The summed E-state index contributed by atoms with van der Waals surface area (Å²) in [5.41, 5.74) is 0.252. The van der Waals surface area contributed by atoms with Crippen molar-refractivity contribution in [3.8, 4) is 0 Å². The molecule has 1 aromatic rings. The fourth-order valence-corrected chi connectivity index (χ4v) is 0.795. The Hall–Kier alpha value is -1.76. The topological polar surface area (TPSA) is 138 Å². The summed E-state index contributed by atoms with van der Waals surface area (Å²) in [6.07, 6.45) is 0.531. The van der Waals surface area contributed by atoms with E-state index >= 15 is 0 Å². The van der Waals surface area contributed by atoms with Crippen LogP contribution in [-0.2, 0) is 0 Å². The Bertz CT molecular complexity index is 301. The van der Waals surface area contributed by atoms with Crippen molar-refractivity contribution < 1.29 is 20.2 Å². The van der Waals surface area contributed by atoms with Gasteiger partial charge in [-0.15, -0.1) is 0 Å². The predicted octanol–water partition coefficient (Wildman–Crippen LogP) is -0.809. The molecule has 0 heterocycles. The molecule has 0 fully saturated rings. The summed E-state index contributed by atoms with van der Waals surface area (Å²) in [5.74, 6) is 6.92. The largest absolute Gasteiger partial charge is 0.478 e. The van der Waals surface area contributed by atoms with Crippen molar-refractivity contribution in [1.82, 2.24) is 0 Å². The van der Waals surface area contributed by atoms with Gasteiger partial charge < -0.3 is 10.6 Å². The highest BCUT2D eigenvalue weighted by Gasteiger charge is 2.06. The van der Waals surface area contributed by atoms with Crippen LogP contribution >= 0.6 is 0 Å². The summed E-state index contributed by atoms with van der Waals surface area (Å²) < 4.78 is 0. The van der Waals surface area contributed by atoms with E-state index in [1.165, 1.54) is 12.1 Å². The van der Waals surface area contributed by atoms with Gasteiger partial charge in [-0.05, 0) is 6.07 Å². The molecule has 0 aliphatic heterocycles. The molecule has 0 bridgehead atoms. The molecule has 0 aliphatic rings. The molecule has 0 aliphatic carbocycles. The van der Waals surface area contributed by atoms with Gasteiger partial charge in [-0.3, -0.25) is 16.5 Å². The number of aromatic carboxylic acids is 1. The zero-order valence-corrected chi connectivity index (χ0v) is 7.31. The second-order valence-corrected chi connectivity index (χ2v) is 2.01. The Kier molecular flexibility index (Phi) is 8.29. The van der Waals surface area contributed by atoms with Crippen molar-refractivity contribution in [3.63, 3.8) is 0 Å². The second kappa shape index (κ2) is 7.87. The lowest BCUT2D eigenvalue weighted by molar-refractivity contribution is 0.0694. The molecule has 0 aromatic heterocycles. The van der Waals surface area contributed by atoms with E-state index in [1.54, 1.807) is 12.1 Å². The average molecular weight is 200 g/mol. The smallest absolute Gasteiger partial charge is 0.336 e. The van der Waals surface area contributed by atoms with Crippen molar-refractivity contribution in [3.05, 3.63) is 35.4 Å². The van der Waals surface area contributed by atoms with Gasteiger partial charge in [0.05, 0.1) is 5.56 Å². The summed E-state index contributed by atoms with van der Waals surface area (Å²) in [6.45, 7) is 0. The molecule has 0 spiro atoms. The van der Waals surface area contributed by atoms with Crippen molar-refractivity contribution in [2.45, 2.75) is 0 Å². The van der Waals surface area contributed by atoms with Gasteiger partial charge in [-0.25, -0.2) is 4.79 Å². The van der Waals surface area contributed by atoms with Crippen molar-refractivity contribution in [2.24, 2.45) is 11.7 Å². The molecule has 6 heteroatoms. The van der Waals surface area contributed by atoms with Crippen LogP contribution in [0.5, 0.6) is 0 Å². The fraction of sp³-hybridized carbons (Fsp3) is 0. The lowest BCUT2D eigenvalue weighted by Crippen LogP contribution is -2.02. The lowest BCUT2D eigenvalue weighted by Gasteiger charge is -1.95. The minimum absolute atomic E-state index is 0. The quantitative estimate of drug-likeness (QED) is 0.325. The number of hydrogen-bond acceptors (Lipinski definition) is 4. The van der Waals surface area contributed by atoms with E-state index in [1.807, 2.05) is 0 Å². The van der Waals surface area contributed by atoms with E-state index in [-0.39, 0.29) is 16.6 Å². The first-order valence-electron chi connectivity index (χ1n) is 3.36. The molecule has 1 aromatic carbocycles. The standard InChI is InChI=1S/C8H6O3.H4N2.H2O/c9-5-6-3-1-2-4-7(6)8(10)11;1-2;/h1-5H,(H,10,11);1-2H2;1H2. The Morgan fingerprint density at radius 1 is 1.29 bits per heavy atom. The van der Waals surface area contributed by atoms with Crippen LogP contribution in [0.3, 0.4) is 0 Å². The highest BCUT2D eigenvalue weighted by atomic mass is 16.4. The van der Waals surface area contributed by atoms with Gasteiger partial charge in [0.2, 0.25) is 0 Å². The first-order valence-corrected chi connectivity index (χ1v) is 3.36. The fourth-order valence-electron chi connectivity index (χ4n) is 0.795. The number of rotatable bonds is 2. The molecule has 78 valence electrons. The zero-order valence-electron chi connectivity index (χ0n) is 7.31. The van der Waals surface area contributed by atoms with Gasteiger partial charge in [-0.1, -0.05) is 18.2 Å². The molecule has 0 amide bonds. The molecule has 0 saturated carbocycles. The summed E-state index contributed by atoms with van der Waals surface area (Å²) in [5, 5.41) is 8.54. The summed E-state index contributed by atoms with van der Waals surface area (Å²) >= 11 is 0. The van der Waals surface area contributed by atoms with Crippen LogP contribution in [0.25, 0.3) is 0 Å². The van der Waals surface area contributed by atoms with Crippen molar-refractivity contribution in [1.29, 1.82) is 0 Å². The first kappa shape index (κ1) is 14.7. The molecule has 0 saturated heterocycles. The number of hydrogen-bond donors (Lipinski definition) is 3. The van der Waals surface area contributed by atoms with Gasteiger partial charge in [0.15, 0.2) is 6.29 Å². The van der Waals surface area contributed by atoms with Crippen molar-refractivity contribution >= 4 is 12.3 Å². The third kappa shape index (κ3) is 3.76.